The SMILES string of the molecule is Cc1ccccc1OCCCn1c2ccccc2c2nc3ccccc3nc21. The van der Waals surface area contributed by atoms with E-state index in [9.17, 15) is 0 Å². The molecule has 0 saturated heterocycles. The second kappa shape index (κ2) is 6.97. The van der Waals surface area contributed by atoms with E-state index in [1.54, 1.807) is 0 Å². The number of hydrogen-bond donors (Lipinski definition) is 0. The van der Waals surface area contributed by atoms with E-state index in [-0.39, 0.29) is 0 Å². The van der Waals surface area contributed by atoms with Gasteiger partial charge in [0, 0.05) is 11.9 Å². The lowest BCUT2D eigenvalue weighted by molar-refractivity contribution is 0.301. The summed E-state index contributed by atoms with van der Waals surface area (Å²) in [5.41, 5.74) is 6.10. The van der Waals surface area contributed by atoms with E-state index in [4.69, 9.17) is 14.7 Å². The van der Waals surface area contributed by atoms with Crippen molar-refractivity contribution in [3.63, 3.8) is 0 Å². The molecule has 0 spiro atoms. The topological polar surface area (TPSA) is 39.9 Å². The Morgan fingerprint density at radius 3 is 2.39 bits per heavy atom. The molecule has 0 bridgehead atoms. The van der Waals surface area contributed by atoms with E-state index in [0.29, 0.717) is 6.61 Å². The lowest BCUT2D eigenvalue weighted by Gasteiger charge is -2.10. The van der Waals surface area contributed by atoms with Gasteiger partial charge in [0.2, 0.25) is 0 Å². The summed E-state index contributed by atoms with van der Waals surface area (Å²) in [5, 5.41) is 1.15. The van der Waals surface area contributed by atoms with Crippen LogP contribution in [0.15, 0.2) is 72.8 Å². The molecule has 0 saturated carbocycles. The number of benzene rings is 3. The van der Waals surface area contributed by atoms with Crippen molar-refractivity contribution in [1.29, 1.82) is 0 Å². The third-order valence-corrected chi connectivity index (χ3v) is 5.13. The molecular weight excluding hydrogens is 346 g/mol. The number of ether oxygens (including phenoxy) is 1. The minimum absolute atomic E-state index is 0.667. The second-order valence-electron chi connectivity index (χ2n) is 7.02. The van der Waals surface area contributed by atoms with Crippen molar-refractivity contribution >= 4 is 33.1 Å². The lowest BCUT2D eigenvalue weighted by atomic mass is 10.2. The first kappa shape index (κ1) is 16.8. The van der Waals surface area contributed by atoms with Crippen LogP contribution >= 0.6 is 0 Å². The van der Waals surface area contributed by atoms with Crippen molar-refractivity contribution in [2.24, 2.45) is 0 Å². The van der Waals surface area contributed by atoms with Crippen LogP contribution in [0.1, 0.15) is 12.0 Å². The van der Waals surface area contributed by atoms with Crippen molar-refractivity contribution in [3.8, 4) is 5.75 Å². The highest BCUT2D eigenvalue weighted by Gasteiger charge is 2.14. The molecule has 4 heteroatoms. The Balaban J connectivity index is 1.49. The predicted molar refractivity (Wildman–Crippen MR) is 114 cm³/mol. The van der Waals surface area contributed by atoms with Gasteiger partial charge in [-0.05, 0) is 43.2 Å². The molecule has 5 rings (SSSR count). The van der Waals surface area contributed by atoms with Gasteiger partial charge in [-0.1, -0.05) is 48.5 Å². The van der Waals surface area contributed by atoms with Gasteiger partial charge in [-0.2, -0.15) is 0 Å². The predicted octanol–water partition coefficient (Wildman–Crippen LogP) is 5.52. The second-order valence-corrected chi connectivity index (χ2v) is 7.02. The normalized spacial score (nSPS) is 11.5. The summed E-state index contributed by atoms with van der Waals surface area (Å²) in [6.07, 6.45) is 0.899. The third-order valence-electron chi connectivity index (χ3n) is 5.13. The molecule has 2 aromatic heterocycles. The lowest BCUT2D eigenvalue weighted by Crippen LogP contribution is -2.06. The zero-order valence-corrected chi connectivity index (χ0v) is 15.8. The molecule has 3 aromatic carbocycles. The largest absolute Gasteiger partial charge is 0.493 e. The molecule has 0 aliphatic carbocycles. The van der Waals surface area contributed by atoms with Crippen LogP contribution in [0.2, 0.25) is 0 Å². The van der Waals surface area contributed by atoms with Gasteiger partial charge in [0.25, 0.3) is 0 Å². The first-order valence-electron chi connectivity index (χ1n) is 9.63. The maximum Gasteiger partial charge on any atom is 0.160 e. The van der Waals surface area contributed by atoms with Gasteiger partial charge in [-0.25, -0.2) is 9.97 Å². The molecule has 0 N–H and O–H groups in total. The molecule has 0 fully saturated rings. The maximum atomic E-state index is 5.98. The van der Waals surface area contributed by atoms with Gasteiger partial charge in [-0.15, -0.1) is 0 Å². The van der Waals surface area contributed by atoms with E-state index >= 15 is 0 Å². The third kappa shape index (κ3) is 2.87. The molecule has 4 nitrogen and oxygen atoms in total. The quantitative estimate of drug-likeness (QED) is 0.384. The van der Waals surface area contributed by atoms with Gasteiger partial charge in [0.15, 0.2) is 5.65 Å². The van der Waals surface area contributed by atoms with Crippen LogP contribution in [0, 0.1) is 6.92 Å². The first-order valence-corrected chi connectivity index (χ1v) is 9.63. The summed E-state index contributed by atoms with van der Waals surface area (Å²) >= 11 is 0. The molecule has 0 unspecified atom stereocenters. The number of hydrogen-bond acceptors (Lipinski definition) is 3. The maximum absolute atomic E-state index is 5.98. The molecule has 0 radical (unpaired) electrons. The summed E-state index contributed by atoms with van der Waals surface area (Å²) in [6, 6.07) is 24.6. The Labute approximate surface area is 163 Å². The molecule has 2 heterocycles. The zero-order valence-electron chi connectivity index (χ0n) is 15.8. The van der Waals surface area contributed by atoms with Crippen molar-refractivity contribution in [3.05, 3.63) is 78.4 Å². The van der Waals surface area contributed by atoms with E-state index in [2.05, 4.69) is 41.8 Å². The van der Waals surface area contributed by atoms with Crippen LogP contribution in [-0.4, -0.2) is 21.1 Å². The zero-order chi connectivity index (χ0) is 18.9. The summed E-state index contributed by atoms with van der Waals surface area (Å²) < 4.78 is 8.25. The van der Waals surface area contributed by atoms with Crippen LogP contribution in [-0.2, 0) is 6.54 Å². The summed E-state index contributed by atoms with van der Waals surface area (Å²) in [6.45, 7) is 3.58. The number of aromatic nitrogens is 3. The number of fused-ring (bicyclic) bond motifs is 4. The molecule has 0 aliphatic rings. The Hall–Kier alpha value is -3.40. The minimum atomic E-state index is 0.667. The molecule has 0 aliphatic heterocycles. The van der Waals surface area contributed by atoms with Crippen LogP contribution < -0.4 is 4.74 Å². The minimum Gasteiger partial charge on any atom is -0.493 e. The average Bonchev–Trinajstić information content (AvgIpc) is 3.04. The Morgan fingerprint density at radius 1 is 0.821 bits per heavy atom. The van der Waals surface area contributed by atoms with Gasteiger partial charge < -0.3 is 9.30 Å². The fraction of sp³-hybridized carbons (Fsp3) is 0.167. The van der Waals surface area contributed by atoms with Crippen LogP contribution in [0.25, 0.3) is 33.1 Å². The van der Waals surface area contributed by atoms with Crippen LogP contribution in [0.4, 0.5) is 0 Å². The van der Waals surface area contributed by atoms with Crippen molar-refractivity contribution in [1.82, 2.24) is 14.5 Å². The molecule has 0 amide bonds. The fourth-order valence-electron chi connectivity index (χ4n) is 3.73. The monoisotopic (exact) mass is 367 g/mol. The summed E-state index contributed by atoms with van der Waals surface area (Å²) in [5.74, 6) is 0.954. The molecular formula is C24H21N3O. The van der Waals surface area contributed by atoms with Crippen molar-refractivity contribution in [2.45, 2.75) is 19.9 Å². The smallest absolute Gasteiger partial charge is 0.160 e. The number of rotatable bonds is 5. The standard InChI is InChI=1S/C24H21N3O/c1-17-9-2-7-14-22(17)28-16-8-15-27-21-13-6-3-10-18(21)23-24(27)26-20-12-5-4-11-19(20)25-23/h2-7,9-14H,8,15-16H2,1H3. The van der Waals surface area contributed by atoms with Crippen molar-refractivity contribution < 1.29 is 4.74 Å². The number of aryl methyl sites for hydroxylation is 2. The fourth-order valence-corrected chi connectivity index (χ4v) is 3.73. The Morgan fingerprint density at radius 2 is 1.54 bits per heavy atom. The Kier molecular flexibility index (Phi) is 4.17. The number of para-hydroxylation sites is 4. The molecule has 5 aromatic rings. The van der Waals surface area contributed by atoms with Gasteiger partial charge in [0.05, 0.1) is 23.2 Å². The van der Waals surface area contributed by atoms with E-state index in [1.807, 2.05) is 42.5 Å². The summed E-state index contributed by atoms with van der Waals surface area (Å²) in [7, 11) is 0. The van der Waals surface area contributed by atoms with Gasteiger partial charge in [-0.3, -0.25) is 0 Å². The van der Waals surface area contributed by atoms with Gasteiger partial charge in [0.1, 0.15) is 11.3 Å². The van der Waals surface area contributed by atoms with E-state index < -0.39 is 0 Å². The highest BCUT2D eigenvalue weighted by atomic mass is 16.5. The first-order chi connectivity index (χ1) is 13.8. The molecule has 138 valence electrons. The summed E-state index contributed by atoms with van der Waals surface area (Å²) in [4.78, 5) is 9.82. The number of nitrogens with zero attached hydrogens (tertiary/aromatic N) is 3. The van der Waals surface area contributed by atoms with Gasteiger partial charge >= 0.3 is 0 Å². The van der Waals surface area contributed by atoms with Crippen LogP contribution in [0.3, 0.4) is 0 Å². The highest BCUT2D eigenvalue weighted by Crippen LogP contribution is 2.28. The van der Waals surface area contributed by atoms with E-state index in [0.717, 1.165) is 51.9 Å². The van der Waals surface area contributed by atoms with E-state index in [1.165, 1.54) is 5.52 Å². The van der Waals surface area contributed by atoms with Crippen LogP contribution in [0.5, 0.6) is 5.75 Å². The molecule has 0 atom stereocenters. The molecule has 28 heavy (non-hydrogen) atoms. The highest BCUT2D eigenvalue weighted by molar-refractivity contribution is 6.06. The average molecular weight is 367 g/mol. The Bertz CT molecular complexity index is 1290. The van der Waals surface area contributed by atoms with Crippen molar-refractivity contribution in [2.75, 3.05) is 6.61 Å².